The van der Waals surface area contributed by atoms with Gasteiger partial charge in [0.2, 0.25) is 0 Å². The van der Waals surface area contributed by atoms with Crippen LogP contribution in [0.2, 0.25) is 0 Å². The van der Waals surface area contributed by atoms with Crippen LogP contribution in [-0.2, 0) is 6.42 Å². The topological polar surface area (TPSA) is 36.5 Å². The maximum atomic E-state index is 5.41. The van der Waals surface area contributed by atoms with Gasteiger partial charge in [-0.1, -0.05) is 24.3 Å². The Morgan fingerprint density at radius 1 is 1.13 bits per heavy atom. The minimum atomic E-state index is 0.933. The van der Waals surface area contributed by atoms with Crippen LogP contribution in [0.5, 0.6) is 5.75 Å². The monoisotopic (exact) mass is 313 g/mol. The number of fused-ring (bicyclic) bond motifs is 3. The van der Waals surface area contributed by atoms with E-state index < -0.39 is 0 Å². The van der Waals surface area contributed by atoms with Gasteiger partial charge in [-0.2, -0.15) is 0 Å². The Labute approximate surface area is 137 Å². The number of methoxy groups -OCH3 is 1. The van der Waals surface area contributed by atoms with Crippen LogP contribution in [0.1, 0.15) is 5.56 Å². The van der Waals surface area contributed by atoms with Crippen molar-refractivity contribution in [2.24, 2.45) is 0 Å². The number of rotatable bonds is 4. The molecular formula is C18H25N4O+. The molecular weight excluding hydrogens is 288 g/mol. The second-order valence-electron chi connectivity index (χ2n) is 6.76. The normalized spacial score (nSPS) is 27.1. The van der Waals surface area contributed by atoms with Crippen molar-refractivity contribution < 1.29 is 9.22 Å². The lowest BCUT2D eigenvalue weighted by atomic mass is 10.0. The van der Waals surface area contributed by atoms with Crippen molar-refractivity contribution >= 4 is 10.8 Å². The summed E-state index contributed by atoms with van der Waals surface area (Å²) in [5, 5.41) is 9.72. The summed E-state index contributed by atoms with van der Waals surface area (Å²) < 4.78 is 6.49. The van der Waals surface area contributed by atoms with E-state index in [0.29, 0.717) is 0 Å². The van der Waals surface area contributed by atoms with E-state index in [4.69, 9.17) is 4.74 Å². The van der Waals surface area contributed by atoms with Crippen LogP contribution in [0.25, 0.3) is 10.8 Å². The first-order valence-corrected chi connectivity index (χ1v) is 8.33. The highest BCUT2D eigenvalue weighted by Gasteiger charge is 2.36. The Kier molecular flexibility index (Phi) is 3.95. The molecule has 2 heterocycles. The van der Waals surface area contributed by atoms with Crippen molar-refractivity contribution in [1.82, 2.24) is 15.5 Å². The summed E-state index contributed by atoms with van der Waals surface area (Å²) in [4.78, 5) is 2.44. The Bertz CT molecular complexity index is 692. The van der Waals surface area contributed by atoms with Gasteiger partial charge in [-0.15, -0.1) is 0 Å². The minimum Gasteiger partial charge on any atom is -0.497 e. The van der Waals surface area contributed by atoms with Crippen LogP contribution < -0.4 is 15.4 Å². The van der Waals surface area contributed by atoms with Crippen molar-refractivity contribution in [2.75, 3.05) is 47.0 Å². The van der Waals surface area contributed by atoms with Gasteiger partial charge in [0.15, 0.2) is 0 Å². The van der Waals surface area contributed by atoms with Crippen molar-refractivity contribution in [2.45, 2.75) is 6.42 Å². The maximum absolute atomic E-state index is 5.41. The first-order valence-electron chi connectivity index (χ1n) is 8.33. The van der Waals surface area contributed by atoms with E-state index in [2.05, 4.69) is 45.9 Å². The van der Waals surface area contributed by atoms with Crippen LogP contribution in [-0.4, -0.2) is 56.4 Å². The molecule has 4 rings (SSSR count). The molecule has 0 aliphatic carbocycles. The fourth-order valence-corrected chi connectivity index (χ4v) is 3.87. The molecule has 2 saturated heterocycles. The lowest BCUT2D eigenvalue weighted by Gasteiger charge is -2.49. The van der Waals surface area contributed by atoms with Crippen LogP contribution in [0.3, 0.4) is 0 Å². The molecule has 2 aromatic carbocycles. The van der Waals surface area contributed by atoms with Gasteiger partial charge >= 0.3 is 0 Å². The van der Waals surface area contributed by atoms with Gasteiger partial charge in [-0.3, -0.25) is 15.1 Å². The van der Waals surface area contributed by atoms with Crippen molar-refractivity contribution in [3.63, 3.8) is 0 Å². The third-order valence-corrected chi connectivity index (χ3v) is 5.10. The second kappa shape index (κ2) is 6.09. The predicted octanol–water partition coefficient (Wildman–Crippen LogP) is 1.50. The minimum absolute atomic E-state index is 0.933. The molecule has 2 fully saturated rings. The molecule has 0 aromatic heterocycles. The Morgan fingerprint density at radius 3 is 2.74 bits per heavy atom. The Balaban J connectivity index is 1.58. The molecule has 0 atom stereocenters. The number of hydrogen-bond acceptors (Lipinski definition) is 4. The van der Waals surface area contributed by atoms with Gasteiger partial charge in [-0.25, -0.2) is 4.90 Å². The van der Waals surface area contributed by atoms with Crippen LogP contribution in [0.4, 0.5) is 0 Å². The van der Waals surface area contributed by atoms with E-state index >= 15 is 0 Å². The number of nitrogens with zero attached hydrogens (tertiary/aromatic N) is 2. The van der Waals surface area contributed by atoms with Gasteiger partial charge < -0.3 is 4.74 Å². The van der Waals surface area contributed by atoms with Crippen LogP contribution >= 0.6 is 0 Å². The zero-order chi connectivity index (χ0) is 15.7. The maximum Gasteiger partial charge on any atom is 0.139 e. The summed E-state index contributed by atoms with van der Waals surface area (Å²) in [7, 11) is 1.73. The molecule has 0 saturated carbocycles. The third kappa shape index (κ3) is 2.93. The standard InChI is InChI=1S/C18H25N4O/c1-23-17-6-5-15-3-2-4-16(18(15)9-17)7-8-22-12-19-10-21(14-22)11-20-13-22/h2-6,9,19-20H,7-8,10-14H2,1H3/q+1. The highest BCUT2D eigenvalue weighted by Crippen LogP contribution is 2.25. The average Bonchev–Trinajstić information content (AvgIpc) is 2.59. The fourth-order valence-electron chi connectivity index (χ4n) is 3.87. The van der Waals surface area contributed by atoms with Crippen molar-refractivity contribution in [3.05, 3.63) is 42.0 Å². The molecule has 2 N–H and O–H groups in total. The van der Waals surface area contributed by atoms with Crippen LogP contribution in [0, 0.1) is 0 Å². The van der Waals surface area contributed by atoms with Crippen molar-refractivity contribution in [3.8, 4) is 5.75 Å². The zero-order valence-electron chi connectivity index (χ0n) is 13.7. The van der Waals surface area contributed by atoms with E-state index in [1.165, 1.54) is 16.3 Å². The highest BCUT2D eigenvalue weighted by atomic mass is 16.5. The number of nitrogens with one attached hydrogen (secondary N) is 2. The van der Waals surface area contributed by atoms with Crippen molar-refractivity contribution in [1.29, 1.82) is 0 Å². The van der Waals surface area contributed by atoms with Gasteiger partial charge in [-0.05, 0) is 28.5 Å². The van der Waals surface area contributed by atoms with E-state index in [9.17, 15) is 0 Å². The van der Waals surface area contributed by atoms with Gasteiger partial charge in [0, 0.05) is 6.42 Å². The number of benzene rings is 2. The largest absolute Gasteiger partial charge is 0.497 e. The molecule has 23 heavy (non-hydrogen) atoms. The first kappa shape index (κ1) is 14.9. The summed E-state index contributed by atoms with van der Waals surface area (Å²) >= 11 is 0. The summed E-state index contributed by atoms with van der Waals surface area (Å²) in [5.74, 6) is 0.933. The van der Waals surface area contributed by atoms with E-state index in [0.717, 1.165) is 56.5 Å². The lowest BCUT2D eigenvalue weighted by molar-refractivity contribution is -0.954. The van der Waals surface area contributed by atoms with E-state index in [-0.39, 0.29) is 0 Å². The molecule has 2 aliphatic rings. The molecule has 0 amide bonds. The summed E-state index contributed by atoms with van der Waals surface area (Å²) in [5.41, 5.74) is 1.41. The quantitative estimate of drug-likeness (QED) is 0.839. The fraction of sp³-hybridized carbons (Fsp3) is 0.444. The number of ether oxygens (including phenoxy) is 1. The molecule has 0 spiro atoms. The number of hydrogen-bond donors (Lipinski definition) is 2. The average molecular weight is 313 g/mol. The van der Waals surface area contributed by atoms with Gasteiger partial charge in [0.05, 0.1) is 27.0 Å². The summed E-state index contributed by atoms with van der Waals surface area (Å²) in [6, 6.07) is 13.0. The second-order valence-corrected chi connectivity index (χ2v) is 6.76. The number of quaternary nitrogens is 1. The molecule has 5 heteroatoms. The molecule has 5 nitrogen and oxygen atoms in total. The highest BCUT2D eigenvalue weighted by molar-refractivity contribution is 5.87. The van der Waals surface area contributed by atoms with Gasteiger partial charge in [0.1, 0.15) is 25.8 Å². The molecule has 122 valence electrons. The van der Waals surface area contributed by atoms with E-state index in [1.807, 2.05) is 6.07 Å². The molecule has 2 bridgehead atoms. The SMILES string of the molecule is COc1ccc2cccc(CC[N+]34CNCN(CNC3)C4)c2c1. The lowest BCUT2D eigenvalue weighted by Crippen LogP contribution is -2.72. The predicted molar refractivity (Wildman–Crippen MR) is 91.8 cm³/mol. The molecule has 0 unspecified atom stereocenters. The third-order valence-electron chi connectivity index (χ3n) is 5.10. The summed E-state index contributed by atoms with van der Waals surface area (Å²) in [6.07, 6.45) is 1.09. The molecule has 2 aromatic rings. The zero-order valence-corrected chi connectivity index (χ0v) is 13.7. The van der Waals surface area contributed by atoms with Crippen LogP contribution in [0.15, 0.2) is 36.4 Å². The van der Waals surface area contributed by atoms with Gasteiger partial charge in [0.25, 0.3) is 0 Å². The Morgan fingerprint density at radius 2 is 1.96 bits per heavy atom. The first-order chi connectivity index (χ1) is 11.3. The summed E-state index contributed by atoms with van der Waals surface area (Å²) in [6.45, 7) is 6.40. The smallest absolute Gasteiger partial charge is 0.139 e. The van der Waals surface area contributed by atoms with E-state index in [1.54, 1.807) is 7.11 Å². The molecule has 0 radical (unpaired) electrons. The Hall–Kier alpha value is -1.66. The molecule has 2 aliphatic heterocycles.